The van der Waals surface area contributed by atoms with E-state index in [1.54, 1.807) is 49.6 Å². The first-order chi connectivity index (χ1) is 9.41. The number of thiophene rings is 1. The van der Waals surface area contributed by atoms with E-state index in [0.29, 0.717) is 16.8 Å². The van der Waals surface area contributed by atoms with Crippen molar-refractivity contribution in [1.82, 2.24) is 0 Å². The summed E-state index contributed by atoms with van der Waals surface area (Å²) in [4.78, 5) is 23.0. The molecule has 0 atom stereocenters. The zero-order valence-corrected chi connectivity index (χ0v) is 12.0. The van der Waals surface area contributed by atoms with Gasteiger partial charge in [0, 0.05) is 11.1 Å². The smallest absolute Gasteiger partial charge is 0.313 e. The summed E-state index contributed by atoms with van der Waals surface area (Å²) in [7, 11) is 0. The SMILES string of the molecule is CC(C)(C(=O)O)c1ccc(NC(=O)c2ccsc2)cc1. The van der Waals surface area contributed by atoms with E-state index >= 15 is 0 Å². The van der Waals surface area contributed by atoms with Gasteiger partial charge in [0.25, 0.3) is 5.91 Å². The van der Waals surface area contributed by atoms with Crippen LogP contribution in [-0.4, -0.2) is 17.0 Å². The highest BCUT2D eigenvalue weighted by Crippen LogP contribution is 2.25. The van der Waals surface area contributed by atoms with Crippen LogP contribution in [0.3, 0.4) is 0 Å². The van der Waals surface area contributed by atoms with Gasteiger partial charge < -0.3 is 10.4 Å². The lowest BCUT2D eigenvalue weighted by atomic mass is 9.85. The third-order valence-corrected chi connectivity index (χ3v) is 3.87. The summed E-state index contributed by atoms with van der Waals surface area (Å²) in [6, 6.07) is 8.62. The van der Waals surface area contributed by atoms with Crippen LogP contribution in [0.15, 0.2) is 41.1 Å². The highest BCUT2D eigenvalue weighted by Gasteiger charge is 2.29. The molecule has 2 aromatic rings. The molecule has 0 saturated heterocycles. The van der Waals surface area contributed by atoms with Crippen molar-refractivity contribution in [2.24, 2.45) is 0 Å². The second-order valence-electron chi connectivity index (χ2n) is 4.97. The van der Waals surface area contributed by atoms with Gasteiger partial charge >= 0.3 is 5.97 Å². The lowest BCUT2D eigenvalue weighted by Gasteiger charge is -2.19. The van der Waals surface area contributed by atoms with Gasteiger partial charge in [-0.1, -0.05) is 12.1 Å². The van der Waals surface area contributed by atoms with E-state index in [1.165, 1.54) is 11.3 Å². The maximum Gasteiger partial charge on any atom is 0.313 e. The fraction of sp³-hybridized carbons (Fsp3) is 0.200. The molecule has 104 valence electrons. The van der Waals surface area contributed by atoms with Crippen LogP contribution in [0, 0.1) is 0 Å². The van der Waals surface area contributed by atoms with Gasteiger partial charge in [-0.15, -0.1) is 0 Å². The molecule has 0 aliphatic heterocycles. The van der Waals surface area contributed by atoms with Crippen LogP contribution in [0.25, 0.3) is 0 Å². The third-order valence-electron chi connectivity index (χ3n) is 3.18. The molecule has 1 aromatic carbocycles. The van der Waals surface area contributed by atoms with Crippen LogP contribution in [-0.2, 0) is 10.2 Å². The van der Waals surface area contributed by atoms with E-state index in [0.717, 1.165) is 0 Å². The maximum atomic E-state index is 11.9. The largest absolute Gasteiger partial charge is 0.481 e. The Hall–Kier alpha value is -2.14. The van der Waals surface area contributed by atoms with E-state index in [1.807, 2.05) is 5.38 Å². The molecule has 0 aliphatic carbocycles. The first-order valence-electron chi connectivity index (χ1n) is 6.09. The molecule has 0 saturated carbocycles. The lowest BCUT2D eigenvalue weighted by Crippen LogP contribution is -2.28. The number of anilines is 1. The summed E-state index contributed by atoms with van der Waals surface area (Å²) in [6.07, 6.45) is 0. The van der Waals surface area contributed by atoms with Crippen molar-refractivity contribution in [2.75, 3.05) is 5.32 Å². The Morgan fingerprint density at radius 2 is 1.80 bits per heavy atom. The zero-order valence-electron chi connectivity index (χ0n) is 11.2. The van der Waals surface area contributed by atoms with Crippen molar-refractivity contribution < 1.29 is 14.7 Å². The monoisotopic (exact) mass is 289 g/mol. The summed E-state index contributed by atoms with van der Waals surface area (Å²) in [5.74, 6) is -1.05. The highest BCUT2D eigenvalue weighted by atomic mass is 32.1. The van der Waals surface area contributed by atoms with Crippen LogP contribution < -0.4 is 5.32 Å². The highest BCUT2D eigenvalue weighted by molar-refractivity contribution is 7.08. The van der Waals surface area contributed by atoms with Crippen LogP contribution in [0.1, 0.15) is 29.8 Å². The molecule has 20 heavy (non-hydrogen) atoms. The average molecular weight is 289 g/mol. The van der Waals surface area contributed by atoms with E-state index in [4.69, 9.17) is 5.11 Å². The molecule has 0 unspecified atom stereocenters. The van der Waals surface area contributed by atoms with Crippen molar-refractivity contribution in [3.05, 3.63) is 52.2 Å². The number of nitrogens with one attached hydrogen (secondary N) is 1. The Labute approximate surface area is 121 Å². The number of rotatable bonds is 4. The molecule has 1 amide bonds. The molecule has 0 aliphatic rings. The van der Waals surface area contributed by atoms with Crippen LogP contribution in [0.2, 0.25) is 0 Å². The third kappa shape index (κ3) is 2.88. The molecule has 2 N–H and O–H groups in total. The van der Waals surface area contributed by atoms with Crippen LogP contribution in [0.4, 0.5) is 5.69 Å². The molecule has 5 heteroatoms. The number of hydrogen-bond acceptors (Lipinski definition) is 3. The Balaban J connectivity index is 2.13. The molecule has 0 spiro atoms. The van der Waals surface area contributed by atoms with Crippen molar-refractivity contribution in [3.63, 3.8) is 0 Å². The zero-order chi connectivity index (χ0) is 14.8. The van der Waals surface area contributed by atoms with Crippen molar-refractivity contribution in [2.45, 2.75) is 19.3 Å². The Morgan fingerprint density at radius 1 is 1.15 bits per heavy atom. The van der Waals surface area contributed by atoms with E-state index < -0.39 is 11.4 Å². The van der Waals surface area contributed by atoms with Crippen molar-refractivity contribution >= 4 is 28.9 Å². The topological polar surface area (TPSA) is 66.4 Å². The Bertz CT molecular complexity index is 615. The number of hydrogen-bond donors (Lipinski definition) is 2. The Kier molecular flexibility index (Phi) is 3.90. The standard InChI is InChI=1S/C15H15NO3S/c1-15(2,14(18)19)11-3-5-12(6-4-11)16-13(17)10-7-8-20-9-10/h3-9H,1-2H3,(H,16,17)(H,18,19). The first kappa shape index (κ1) is 14.3. The molecular formula is C15H15NO3S. The minimum atomic E-state index is -0.949. The van der Waals surface area contributed by atoms with Crippen LogP contribution in [0.5, 0.6) is 0 Å². The number of benzene rings is 1. The second-order valence-corrected chi connectivity index (χ2v) is 5.75. The molecule has 4 nitrogen and oxygen atoms in total. The average Bonchev–Trinajstić information content (AvgIpc) is 2.93. The van der Waals surface area contributed by atoms with Gasteiger partial charge in [-0.25, -0.2) is 0 Å². The van der Waals surface area contributed by atoms with Gasteiger partial charge in [0.05, 0.1) is 11.0 Å². The predicted molar refractivity (Wildman–Crippen MR) is 79.4 cm³/mol. The molecule has 1 aromatic heterocycles. The normalized spacial score (nSPS) is 11.1. The quantitative estimate of drug-likeness (QED) is 0.907. The number of carbonyl (C=O) groups is 2. The van der Waals surface area contributed by atoms with Gasteiger partial charge in [0.2, 0.25) is 0 Å². The number of carboxylic acid groups (broad SMARTS) is 1. The molecule has 0 radical (unpaired) electrons. The Morgan fingerprint density at radius 3 is 2.30 bits per heavy atom. The molecule has 2 rings (SSSR count). The van der Waals surface area contributed by atoms with E-state index in [2.05, 4.69) is 5.32 Å². The predicted octanol–water partition coefficient (Wildman–Crippen LogP) is 3.36. The molecule has 0 fully saturated rings. The van der Waals surface area contributed by atoms with Crippen molar-refractivity contribution in [3.8, 4) is 0 Å². The molecular weight excluding hydrogens is 274 g/mol. The minimum Gasteiger partial charge on any atom is -0.481 e. The second kappa shape index (κ2) is 5.46. The van der Waals surface area contributed by atoms with E-state index in [9.17, 15) is 9.59 Å². The van der Waals surface area contributed by atoms with Gasteiger partial charge in [-0.3, -0.25) is 9.59 Å². The summed E-state index contributed by atoms with van der Waals surface area (Å²) in [5, 5.41) is 15.6. The fourth-order valence-electron chi connectivity index (χ4n) is 1.69. The minimum absolute atomic E-state index is 0.170. The van der Waals surface area contributed by atoms with E-state index in [-0.39, 0.29) is 5.91 Å². The number of aliphatic carboxylic acids is 1. The number of amides is 1. The van der Waals surface area contributed by atoms with Crippen molar-refractivity contribution in [1.29, 1.82) is 0 Å². The summed E-state index contributed by atoms with van der Waals surface area (Å²) in [5.41, 5.74) is 1.00. The van der Waals surface area contributed by atoms with Gasteiger partial charge in [0.1, 0.15) is 0 Å². The van der Waals surface area contributed by atoms with Crippen LogP contribution >= 0.6 is 11.3 Å². The number of carbonyl (C=O) groups excluding carboxylic acids is 1. The van der Waals surface area contributed by atoms with Gasteiger partial charge in [0.15, 0.2) is 0 Å². The summed E-state index contributed by atoms with van der Waals surface area (Å²) < 4.78 is 0. The maximum absolute atomic E-state index is 11.9. The first-order valence-corrected chi connectivity index (χ1v) is 7.03. The molecule has 1 heterocycles. The fourth-order valence-corrected chi connectivity index (χ4v) is 2.33. The molecule has 0 bridgehead atoms. The lowest BCUT2D eigenvalue weighted by molar-refractivity contribution is -0.142. The summed E-state index contributed by atoms with van der Waals surface area (Å²) >= 11 is 1.46. The number of carboxylic acids is 1. The van der Waals surface area contributed by atoms with Gasteiger partial charge in [-0.05, 0) is 43.0 Å². The van der Waals surface area contributed by atoms with Gasteiger partial charge in [-0.2, -0.15) is 11.3 Å². The summed E-state index contributed by atoms with van der Waals surface area (Å²) in [6.45, 7) is 3.29.